The van der Waals surface area contributed by atoms with Gasteiger partial charge in [0.15, 0.2) is 0 Å². The lowest BCUT2D eigenvalue weighted by molar-refractivity contribution is -0.141. The standard InChI is InChI=1S/C43H52N8O8S/c1-24(2)16-33(39(54)49-34(17-25-10-4-3-5-11-25)40(55)51-37(23-60)43(58)59)48-42(57)36(19-27-21-46-32-15-9-7-13-29(27)32)50-41(56)35(47-38(53)30(44)22-52)18-26-20-45-31-14-8-6-12-28(26)31/h3-15,20-21,24,30,33-37,45-46,52,60H,16-19,22-23,44H2,1-2H3,(H,47,53)(H,48,57)(H,49,54)(H,50,56)(H,51,55)(H,58,59)/t30-,33-,34-,35-,36-,37-/m0/s1. The van der Waals surface area contributed by atoms with Gasteiger partial charge in [-0.3, -0.25) is 24.0 Å². The van der Waals surface area contributed by atoms with Gasteiger partial charge in [-0.2, -0.15) is 12.6 Å². The molecule has 6 atom stereocenters. The number of aromatic amines is 2. The average Bonchev–Trinajstić information content (AvgIpc) is 3.85. The predicted octanol–water partition coefficient (Wildman–Crippen LogP) is 1.48. The number of carbonyl (C=O) groups excluding carboxylic acids is 5. The first-order valence-electron chi connectivity index (χ1n) is 19.6. The van der Waals surface area contributed by atoms with Crippen molar-refractivity contribution >= 4 is 69.9 Å². The monoisotopic (exact) mass is 840 g/mol. The van der Waals surface area contributed by atoms with Crippen molar-refractivity contribution in [1.29, 1.82) is 0 Å². The van der Waals surface area contributed by atoms with Crippen LogP contribution in [-0.2, 0) is 48.0 Å². The smallest absolute Gasteiger partial charge is 0.327 e. The Kier molecular flexibility index (Phi) is 15.9. The molecule has 0 saturated heterocycles. The number of benzene rings is 3. The summed E-state index contributed by atoms with van der Waals surface area (Å²) >= 11 is 4.05. The van der Waals surface area contributed by atoms with Crippen LogP contribution in [0.1, 0.15) is 37.0 Å². The van der Waals surface area contributed by atoms with Crippen LogP contribution in [0.2, 0.25) is 0 Å². The molecule has 0 aliphatic heterocycles. The highest BCUT2D eigenvalue weighted by Gasteiger charge is 2.34. The number of amides is 5. The maximum atomic E-state index is 14.5. The number of hydrogen-bond acceptors (Lipinski definition) is 9. The van der Waals surface area contributed by atoms with E-state index < -0.39 is 78.4 Å². The molecule has 3 aromatic carbocycles. The van der Waals surface area contributed by atoms with Crippen molar-refractivity contribution in [3.63, 3.8) is 0 Å². The fourth-order valence-electron chi connectivity index (χ4n) is 6.86. The molecule has 0 saturated carbocycles. The minimum Gasteiger partial charge on any atom is -0.480 e. The predicted molar refractivity (Wildman–Crippen MR) is 230 cm³/mol. The number of aliphatic carboxylic acids is 1. The highest BCUT2D eigenvalue weighted by molar-refractivity contribution is 7.80. The second-order valence-electron chi connectivity index (χ2n) is 15.1. The first-order chi connectivity index (χ1) is 28.8. The Balaban J connectivity index is 1.44. The number of aliphatic hydroxyl groups is 1. The van der Waals surface area contributed by atoms with E-state index in [1.807, 2.05) is 62.4 Å². The third-order valence-electron chi connectivity index (χ3n) is 10.1. The van der Waals surface area contributed by atoms with Crippen LogP contribution in [-0.4, -0.2) is 104 Å². The number of fused-ring (bicyclic) bond motifs is 2. The van der Waals surface area contributed by atoms with Crippen LogP contribution in [0.3, 0.4) is 0 Å². The lowest BCUT2D eigenvalue weighted by Gasteiger charge is -2.28. The van der Waals surface area contributed by atoms with Crippen LogP contribution in [0.4, 0.5) is 0 Å². The molecule has 16 nitrogen and oxygen atoms in total. The number of nitrogens with one attached hydrogen (secondary N) is 7. The van der Waals surface area contributed by atoms with Crippen LogP contribution in [0.25, 0.3) is 21.8 Å². The van der Waals surface area contributed by atoms with Gasteiger partial charge in [0.05, 0.1) is 6.61 Å². The van der Waals surface area contributed by atoms with Crippen molar-refractivity contribution in [2.75, 3.05) is 12.4 Å². The van der Waals surface area contributed by atoms with Crippen LogP contribution in [0, 0.1) is 5.92 Å². The van der Waals surface area contributed by atoms with E-state index in [9.17, 15) is 39.0 Å². The third-order valence-corrected chi connectivity index (χ3v) is 10.4. The normalized spacial score (nSPS) is 14.4. The number of H-pyrrole nitrogens is 2. The fourth-order valence-corrected chi connectivity index (χ4v) is 7.11. The molecular weight excluding hydrogens is 789 g/mol. The minimum atomic E-state index is -1.32. The second kappa shape index (κ2) is 21.2. The summed E-state index contributed by atoms with van der Waals surface area (Å²) in [7, 11) is 0. The van der Waals surface area contributed by atoms with E-state index in [0.29, 0.717) is 16.7 Å². The van der Waals surface area contributed by atoms with Crippen LogP contribution in [0.5, 0.6) is 0 Å². The average molecular weight is 841 g/mol. The summed E-state index contributed by atoms with van der Waals surface area (Å²) < 4.78 is 0. The van der Waals surface area contributed by atoms with Crippen molar-refractivity contribution in [1.82, 2.24) is 36.6 Å². The lowest BCUT2D eigenvalue weighted by atomic mass is 9.99. The van der Waals surface area contributed by atoms with Crippen molar-refractivity contribution in [2.45, 2.75) is 75.8 Å². The molecule has 0 aliphatic carbocycles. The quantitative estimate of drug-likeness (QED) is 0.0478. The highest BCUT2D eigenvalue weighted by Crippen LogP contribution is 2.21. The minimum absolute atomic E-state index is 0.000358. The SMILES string of the molecule is CC(C)C[C@H](NC(=O)[C@H](Cc1c[nH]c2ccccc12)NC(=O)[C@H](Cc1c[nH]c2ccccc12)NC(=O)[C@@H](N)CO)C(=O)N[C@@H](Cc1ccccc1)C(=O)N[C@@H](CS)C(=O)O. The Morgan fingerprint density at radius 1 is 0.600 bits per heavy atom. The zero-order valence-corrected chi connectivity index (χ0v) is 34.2. The number of carbonyl (C=O) groups is 6. The number of thiol groups is 1. The lowest BCUT2D eigenvalue weighted by Crippen LogP contribution is -2.60. The molecule has 0 aliphatic rings. The number of rotatable bonds is 21. The summed E-state index contributed by atoms with van der Waals surface area (Å²) in [5, 5.41) is 34.2. The van der Waals surface area contributed by atoms with E-state index in [1.54, 1.807) is 42.7 Å². The van der Waals surface area contributed by atoms with Gasteiger partial charge in [0.1, 0.15) is 36.3 Å². The molecular formula is C43H52N8O8S. The van der Waals surface area contributed by atoms with E-state index >= 15 is 0 Å². The molecule has 17 heteroatoms. The fraction of sp³-hybridized carbons (Fsp3) is 0.349. The number of para-hydroxylation sites is 2. The Hall–Kier alpha value is -6.17. The number of carboxylic acids is 1. The summed E-state index contributed by atoms with van der Waals surface area (Å²) in [5.41, 5.74) is 9.51. The zero-order chi connectivity index (χ0) is 43.3. The molecule has 11 N–H and O–H groups in total. The van der Waals surface area contributed by atoms with Gasteiger partial charge >= 0.3 is 5.97 Å². The van der Waals surface area contributed by atoms with E-state index in [2.05, 4.69) is 49.2 Å². The van der Waals surface area contributed by atoms with Crippen molar-refractivity contribution in [3.05, 3.63) is 108 Å². The first kappa shape index (κ1) is 44.9. The van der Waals surface area contributed by atoms with Crippen LogP contribution in [0.15, 0.2) is 91.3 Å². The van der Waals surface area contributed by atoms with Gasteiger partial charge < -0.3 is 52.5 Å². The Bertz CT molecular complexity index is 2280. The number of aliphatic hydroxyl groups excluding tert-OH is 1. The zero-order valence-electron chi connectivity index (χ0n) is 33.3. The van der Waals surface area contributed by atoms with E-state index in [-0.39, 0.29) is 37.4 Å². The molecule has 5 aromatic rings. The second-order valence-corrected chi connectivity index (χ2v) is 15.4. The van der Waals surface area contributed by atoms with E-state index in [4.69, 9.17) is 5.73 Å². The maximum absolute atomic E-state index is 14.5. The molecule has 318 valence electrons. The number of aromatic nitrogens is 2. The molecule has 0 unspecified atom stereocenters. The third kappa shape index (κ3) is 12.0. The Morgan fingerprint density at radius 2 is 1.02 bits per heavy atom. The summed E-state index contributed by atoms with van der Waals surface area (Å²) in [4.78, 5) is 87.5. The first-order valence-corrected chi connectivity index (χ1v) is 20.3. The van der Waals surface area contributed by atoms with Crippen LogP contribution < -0.4 is 32.3 Å². The van der Waals surface area contributed by atoms with Gasteiger partial charge in [0.2, 0.25) is 29.5 Å². The molecule has 60 heavy (non-hydrogen) atoms. The molecule has 0 bridgehead atoms. The van der Waals surface area contributed by atoms with E-state index in [1.165, 1.54) is 0 Å². The molecule has 5 rings (SSSR count). The van der Waals surface area contributed by atoms with Gasteiger partial charge in [-0.1, -0.05) is 80.6 Å². The topological polar surface area (TPSA) is 261 Å². The van der Waals surface area contributed by atoms with Gasteiger partial charge in [0.25, 0.3) is 0 Å². The summed E-state index contributed by atoms with van der Waals surface area (Å²) in [5.74, 6) is -5.29. The van der Waals surface area contributed by atoms with Gasteiger partial charge in [0, 0.05) is 59.2 Å². The number of nitrogens with two attached hydrogens (primary N) is 1. The summed E-state index contributed by atoms with van der Waals surface area (Å²) in [6, 6.07) is 16.1. The Labute approximate surface area is 352 Å². The summed E-state index contributed by atoms with van der Waals surface area (Å²) in [6.07, 6.45) is 3.57. The number of carboxylic acid groups (broad SMARTS) is 1. The molecule has 2 aromatic heterocycles. The highest BCUT2D eigenvalue weighted by atomic mass is 32.1. The summed E-state index contributed by atoms with van der Waals surface area (Å²) in [6.45, 7) is 3.04. The van der Waals surface area contributed by atoms with Crippen LogP contribution >= 0.6 is 12.6 Å². The van der Waals surface area contributed by atoms with Crippen molar-refractivity contribution < 1.29 is 39.0 Å². The van der Waals surface area contributed by atoms with Gasteiger partial charge in [-0.05, 0) is 41.2 Å². The molecule has 0 fully saturated rings. The van der Waals surface area contributed by atoms with Gasteiger partial charge in [-0.25, -0.2) is 4.79 Å². The van der Waals surface area contributed by atoms with Crippen molar-refractivity contribution in [2.24, 2.45) is 11.7 Å². The molecule has 0 spiro atoms. The van der Waals surface area contributed by atoms with Crippen molar-refractivity contribution in [3.8, 4) is 0 Å². The largest absolute Gasteiger partial charge is 0.480 e. The maximum Gasteiger partial charge on any atom is 0.327 e. The molecule has 0 radical (unpaired) electrons. The van der Waals surface area contributed by atoms with E-state index in [0.717, 1.165) is 21.8 Å². The molecule has 5 amide bonds. The van der Waals surface area contributed by atoms with Gasteiger partial charge in [-0.15, -0.1) is 0 Å². The molecule has 2 heterocycles. The number of hydrogen-bond donors (Lipinski definition) is 11. The Morgan fingerprint density at radius 3 is 1.48 bits per heavy atom.